The van der Waals surface area contributed by atoms with Crippen LogP contribution in [0.4, 0.5) is 0 Å². The molecule has 1 heterocycles. The molecule has 39 heavy (non-hydrogen) atoms. The summed E-state index contributed by atoms with van der Waals surface area (Å²) >= 11 is 0. The van der Waals surface area contributed by atoms with Gasteiger partial charge in [0.25, 0.3) is 0 Å². The molecule has 1 fully saturated rings. The number of hydrogen-bond donors (Lipinski definition) is 1. The fourth-order valence-corrected chi connectivity index (χ4v) is 7.99. The van der Waals surface area contributed by atoms with Gasteiger partial charge < -0.3 is 5.32 Å². The molecule has 0 aromatic heterocycles. The molecule has 1 atom stereocenters. The third-order valence-corrected chi connectivity index (χ3v) is 11.2. The van der Waals surface area contributed by atoms with Crippen molar-refractivity contribution >= 4 is 19.9 Å². The third kappa shape index (κ3) is 7.77. The van der Waals surface area contributed by atoms with E-state index < -0.39 is 25.2 Å². The minimum Gasteiger partial charge on any atom is -0.301 e. The van der Waals surface area contributed by atoms with Crippen molar-refractivity contribution in [2.24, 2.45) is 0 Å². The SMILES string of the molecule is Cc1ccc(S(=O)(=O)C2CCN(Cc3ccccc3)CCCN(S(=O)(=O)c3ccc(C)cc3)CCCN2)cc1. The van der Waals surface area contributed by atoms with E-state index in [2.05, 4.69) is 22.3 Å². The van der Waals surface area contributed by atoms with Crippen molar-refractivity contribution in [3.8, 4) is 0 Å². The fourth-order valence-electron chi connectivity index (χ4n) is 4.87. The molecule has 0 aliphatic carbocycles. The molecule has 0 saturated carbocycles. The first-order valence-corrected chi connectivity index (χ1v) is 16.5. The van der Waals surface area contributed by atoms with Gasteiger partial charge in [0.1, 0.15) is 5.37 Å². The lowest BCUT2D eigenvalue weighted by Crippen LogP contribution is -2.43. The first-order chi connectivity index (χ1) is 18.7. The van der Waals surface area contributed by atoms with Gasteiger partial charge in [-0.1, -0.05) is 65.7 Å². The van der Waals surface area contributed by atoms with Crippen LogP contribution in [0.15, 0.2) is 88.7 Å². The van der Waals surface area contributed by atoms with Gasteiger partial charge in [-0.3, -0.25) is 4.90 Å². The topological polar surface area (TPSA) is 86.8 Å². The summed E-state index contributed by atoms with van der Waals surface area (Å²) in [6, 6.07) is 24.0. The van der Waals surface area contributed by atoms with E-state index in [0.29, 0.717) is 63.4 Å². The Bertz CT molecular complexity index is 1410. The average Bonchev–Trinajstić information content (AvgIpc) is 2.91. The Morgan fingerprint density at radius 1 is 0.718 bits per heavy atom. The third-order valence-electron chi connectivity index (χ3n) is 7.18. The molecule has 3 aromatic carbocycles. The van der Waals surface area contributed by atoms with E-state index in [0.717, 1.165) is 16.7 Å². The molecular weight excluding hydrogens is 530 g/mol. The zero-order valence-electron chi connectivity index (χ0n) is 22.8. The van der Waals surface area contributed by atoms with Crippen LogP contribution in [0, 0.1) is 13.8 Å². The summed E-state index contributed by atoms with van der Waals surface area (Å²) < 4.78 is 55.8. The molecule has 1 unspecified atom stereocenters. The number of rotatable bonds is 6. The van der Waals surface area contributed by atoms with Crippen LogP contribution in [0.25, 0.3) is 0 Å². The summed E-state index contributed by atoms with van der Waals surface area (Å²) in [5.41, 5.74) is 3.15. The van der Waals surface area contributed by atoms with Crippen LogP contribution in [-0.4, -0.2) is 64.1 Å². The van der Waals surface area contributed by atoms with Crippen molar-refractivity contribution in [2.75, 3.05) is 32.7 Å². The molecule has 1 aliphatic rings. The largest absolute Gasteiger partial charge is 0.301 e. The second-order valence-corrected chi connectivity index (χ2v) is 14.3. The minimum absolute atomic E-state index is 0.286. The number of hydrogen-bond acceptors (Lipinski definition) is 6. The van der Waals surface area contributed by atoms with Gasteiger partial charge in [-0.05, 0) is 76.0 Å². The molecule has 0 amide bonds. The molecule has 0 radical (unpaired) electrons. The molecule has 4 rings (SSSR count). The highest BCUT2D eigenvalue weighted by molar-refractivity contribution is 7.92. The van der Waals surface area contributed by atoms with Gasteiger partial charge in [0.2, 0.25) is 10.0 Å². The molecule has 7 nitrogen and oxygen atoms in total. The first-order valence-electron chi connectivity index (χ1n) is 13.5. The number of aryl methyl sites for hydroxylation is 2. The summed E-state index contributed by atoms with van der Waals surface area (Å²) in [4.78, 5) is 2.82. The molecule has 9 heteroatoms. The first kappa shape index (κ1) is 29.4. The minimum atomic E-state index is -3.66. The maximum absolute atomic E-state index is 13.6. The molecule has 210 valence electrons. The van der Waals surface area contributed by atoms with Gasteiger partial charge in [-0.15, -0.1) is 0 Å². The standard InChI is InChI=1S/C30H39N3O4S2/c1-25-10-14-28(15-11-25)38(34,35)30-18-23-32(24-27-8-4-3-5-9-27)20-7-22-33(21-6-19-31-30)39(36,37)29-16-12-26(2)13-17-29/h3-5,8-17,30-31H,6-7,18-24H2,1-2H3. The zero-order valence-corrected chi connectivity index (χ0v) is 24.4. The van der Waals surface area contributed by atoms with Crippen LogP contribution in [0.1, 0.15) is 36.0 Å². The molecule has 0 bridgehead atoms. The van der Waals surface area contributed by atoms with Crippen LogP contribution in [-0.2, 0) is 26.4 Å². The van der Waals surface area contributed by atoms with Gasteiger partial charge in [0.05, 0.1) is 9.79 Å². The number of nitrogens with one attached hydrogen (secondary N) is 1. The van der Waals surface area contributed by atoms with E-state index in [1.165, 1.54) is 0 Å². The number of benzene rings is 3. The normalized spacial score (nSPS) is 19.2. The van der Waals surface area contributed by atoms with Crippen LogP contribution in [0.3, 0.4) is 0 Å². The predicted molar refractivity (Wildman–Crippen MR) is 156 cm³/mol. The highest BCUT2D eigenvalue weighted by atomic mass is 32.2. The van der Waals surface area contributed by atoms with Crippen LogP contribution in [0.2, 0.25) is 0 Å². The second kappa shape index (κ2) is 13.2. The Morgan fingerprint density at radius 2 is 1.31 bits per heavy atom. The summed E-state index contributed by atoms with van der Waals surface area (Å²) in [5.74, 6) is 0. The van der Waals surface area contributed by atoms with Crippen molar-refractivity contribution in [1.29, 1.82) is 0 Å². The Hall–Kier alpha value is -2.56. The van der Waals surface area contributed by atoms with Crippen molar-refractivity contribution in [3.05, 3.63) is 95.6 Å². The Morgan fingerprint density at radius 3 is 1.95 bits per heavy atom. The maximum atomic E-state index is 13.6. The van der Waals surface area contributed by atoms with E-state index in [4.69, 9.17) is 0 Å². The van der Waals surface area contributed by atoms with E-state index in [1.807, 2.05) is 56.3 Å². The molecule has 0 spiro atoms. The Labute approximate surface area is 233 Å². The van der Waals surface area contributed by atoms with Gasteiger partial charge in [0.15, 0.2) is 9.84 Å². The van der Waals surface area contributed by atoms with Gasteiger partial charge in [0, 0.05) is 26.2 Å². The Kier molecular flexibility index (Phi) is 9.96. The molecule has 1 aliphatic heterocycles. The monoisotopic (exact) mass is 569 g/mol. The van der Waals surface area contributed by atoms with E-state index in [1.54, 1.807) is 28.6 Å². The lowest BCUT2D eigenvalue weighted by Gasteiger charge is -2.29. The fraction of sp³-hybridized carbons (Fsp3) is 0.400. The quantitative estimate of drug-likeness (QED) is 0.475. The average molecular weight is 570 g/mol. The molecular formula is C30H39N3O4S2. The summed E-state index contributed by atoms with van der Waals surface area (Å²) in [5, 5.41) is 2.49. The smallest absolute Gasteiger partial charge is 0.243 e. The van der Waals surface area contributed by atoms with Crippen LogP contribution >= 0.6 is 0 Å². The summed E-state index contributed by atoms with van der Waals surface area (Å²) in [7, 11) is -7.29. The van der Waals surface area contributed by atoms with Crippen molar-refractivity contribution in [1.82, 2.24) is 14.5 Å². The van der Waals surface area contributed by atoms with Gasteiger partial charge in [-0.2, -0.15) is 4.31 Å². The zero-order chi connectivity index (χ0) is 27.9. The predicted octanol–water partition coefficient (Wildman–Crippen LogP) is 4.37. The van der Waals surface area contributed by atoms with Crippen LogP contribution in [0.5, 0.6) is 0 Å². The second-order valence-electron chi connectivity index (χ2n) is 10.3. The molecule has 3 aromatic rings. The van der Waals surface area contributed by atoms with Gasteiger partial charge in [-0.25, -0.2) is 16.8 Å². The van der Waals surface area contributed by atoms with Crippen molar-refractivity contribution in [2.45, 2.75) is 54.8 Å². The number of nitrogens with zero attached hydrogens (tertiary/aromatic N) is 2. The Balaban J connectivity index is 1.58. The highest BCUT2D eigenvalue weighted by Gasteiger charge is 2.29. The van der Waals surface area contributed by atoms with Gasteiger partial charge >= 0.3 is 0 Å². The van der Waals surface area contributed by atoms with E-state index in [-0.39, 0.29) is 4.90 Å². The van der Waals surface area contributed by atoms with Crippen molar-refractivity contribution in [3.63, 3.8) is 0 Å². The van der Waals surface area contributed by atoms with E-state index >= 15 is 0 Å². The maximum Gasteiger partial charge on any atom is 0.243 e. The molecule has 1 N–H and O–H groups in total. The lowest BCUT2D eigenvalue weighted by atomic mass is 10.2. The van der Waals surface area contributed by atoms with E-state index in [9.17, 15) is 16.8 Å². The van der Waals surface area contributed by atoms with Crippen molar-refractivity contribution < 1.29 is 16.8 Å². The summed E-state index contributed by atoms with van der Waals surface area (Å²) in [6.45, 7) is 6.89. The van der Waals surface area contributed by atoms with Crippen LogP contribution < -0.4 is 5.32 Å². The highest BCUT2D eigenvalue weighted by Crippen LogP contribution is 2.21. The molecule has 1 saturated heterocycles. The summed E-state index contributed by atoms with van der Waals surface area (Å²) in [6.07, 6.45) is 1.61. The lowest BCUT2D eigenvalue weighted by molar-refractivity contribution is 0.239. The number of sulfonamides is 1. The number of sulfone groups is 1.